The molecular weight excluding hydrogens is 308 g/mol. The molecule has 1 aromatic rings. The second-order valence-electron chi connectivity index (χ2n) is 3.73. The molecule has 1 aromatic heterocycles. The molecule has 0 aliphatic carbocycles. The number of nitrogens with zero attached hydrogens (tertiary/aromatic N) is 2. The molecule has 98 valence electrons. The van der Waals surface area contributed by atoms with Crippen molar-refractivity contribution >= 4 is 28.2 Å². The van der Waals surface area contributed by atoms with Gasteiger partial charge < -0.3 is 9.90 Å². The van der Waals surface area contributed by atoms with E-state index < -0.39 is 29.3 Å². The summed E-state index contributed by atoms with van der Waals surface area (Å²) >= 11 is 2.94. The van der Waals surface area contributed by atoms with Crippen molar-refractivity contribution in [3.63, 3.8) is 0 Å². The Hall–Kier alpha value is -1.70. The number of aldehydes is 1. The van der Waals surface area contributed by atoms with Gasteiger partial charge in [-0.25, -0.2) is 14.2 Å². The van der Waals surface area contributed by atoms with Gasteiger partial charge in [-0.3, -0.25) is 9.36 Å². The van der Waals surface area contributed by atoms with Gasteiger partial charge in [0, 0.05) is 6.20 Å². The third-order valence-corrected chi connectivity index (χ3v) is 3.03. The number of hydrogen-bond acceptors (Lipinski definition) is 4. The molecule has 0 aliphatic rings. The molecule has 0 fully saturated rings. The van der Waals surface area contributed by atoms with Gasteiger partial charge in [-0.05, 0) is 29.8 Å². The first kappa shape index (κ1) is 14.4. The average Bonchev–Trinajstić information content (AvgIpc) is 2.32. The molecule has 2 atom stereocenters. The second-order valence-corrected chi connectivity index (χ2v) is 4.59. The highest BCUT2D eigenvalue weighted by atomic mass is 79.9. The van der Waals surface area contributed by atoms with Crippen LogP contribution in [0.5, 0.6) is 0 Å². The summed E-state index contributed by atoms with van der Waals surface area (Å²) in [6.07, 6.45) is 1.54. The minimum absolute atomic E-state index is 0.0175. The Morgan fingerprint density at radius 2 is 2.00 bits per heavy atom. The van der Waals surface area contributed by atoms with Crippen molar-refractivity contribution in [2.24, 2.45) is 0 Å². The fourth-order valence-electron chi connectivity index (χ4n) is 1.38. The molecule has 0 bridgehead atoms. The van der Waals surface area contributed by atoms with Gasteiger partial charge in [-0.15, -0.1) is 0 Å². The molecule has 8 heteroatoms. The third-order valence-electron chi connectivity index (χ3n) is 2.48. The van der Waals surface area contributed by atoms with Gasteiger partial charge in [0.05, 0.1) is 10.5 Å². The van der Waals surface area contributed by atoms with Gasteiger partial charge >= 0.3 is 11.7 Å². The predicted octanol–water partition coefficient (Wildman–Crippen LogP) is 0.178. The Labute approximate surface area is 110 Å². The van der Waals surface area contributed by atoms with Crippen molar-refractivity contribution < 1.29 is 14.7 Å². The Morgan fingerprint density at radius 1 is 1.44 bits per heavy atom. The van der Waals surface area contributed by atoms with E-state index >= 15 is 0 Å². The fourth-order valence-corrected chi connectivity index (χ4v) is 1.79. The number of carboxylic acid groups (broad SMARTS) is 1. The summed E-state index contributed by atoms with van der Waals surface area (Å²) in [5.74, 6) is -1.21. The van der Waals surface area contributed by atoms with Crippen molar-refractivity contribution in [3.05, 3.63) is 31.5 Å². The number of carbonyl (C=O) groups excluding carboxylic acids is 1. The normalized spacial score (nSPS) is 13.9. The Morgan fingerprint density at radius 3 is 2.44 bits per heavy atom. The minimum atomic E-state index is -1.21. The Bertz CT molecular complexity index is 603. The van der Waals surface area contributed by atoms with Crippen molar-refractivity contribution in [2.75, 3.05) is 0 Å². The average molecular weight is 319 g/mol. The standard InChI is InChI=1S/C10H11BrN2O5/c1-5(4-14)13-8(15)7(11)3-12(10(13)18)6(2)9(16)17/h3-6H,1-2H3,(H,16,17). The number of hydrogen-bond donors (Lipinski definition) is 1. The zero-order valence-electron chi connectivity index (χ0n) is 9.66. The van der Waals surface area contributed by atoms with Gasteiger partial charge in [0.1, 0.15) is 12.3 Å². The van der Waals surface area contributed by atoms with Crippen LogP contribution in [0.15, 0.2) is 20.3 Å². The lowest BCUT2D eigenvalue weighted by atomic mass is 10.3. The van der Waals surface area contributed by atoms with Gasteiger partial charge in [0.2, 0.25) is 0 Å². The van der Waals surface area contributed by atoms with Gasteiger partial charge in [0.15, 0.2) is 0 Å². The van der Waals surface area contributed by atoms with Crippen LogP contribution in [0.4, 0.5) is 0 Å². The first-order chi connectivity index (χ1) is 8.31. The molecule has 0 spiro atoms. The van der Waals surface area contributed by atoms with Crippen molar-refractivity contribution in [2.45, 2.75) is 25.9 Å². The predicted molar refractivity (Wildman–Crippen MR) is 65.8 cm³/mol. The number of halogens is 1. The maximum atomic E-state index is 12.0. The number of aromatic nitrogens is 2. The highest BCUT2D eigenvalue weighted by Gasteiger charge is 2.20. The van der Waals surface area contributed by atoms with Crippen molar-refractivity contribution in [3.8, 4) is 0 Å². The Balaban J connectivity index is 3.64. The molecule has 0 saturated carbocycles. The smallest absolute Gasteiger partial charge is 0.332 e. The van der Waals surface area contributed by atoms with Crippen LogP contribution >= 0.6 is 15.9 Å². The number of carboxylic acids is 1. The zero-order chi connectivity index (χ0) is 14.0. The molecule has 18 heavy (non-hydrogen) atoms. The van der Waals surface area contributed by atoms with E-state index in [0.717, 1.165) is 10.8 Å². The molecule has 7 nitrogen and oxygen atoms in total. The highest BCUT2D eigenvalue weighted by molar-refractivity contribution is 9.10. The maximum absolute atomic E-state index is 12.0. The summed E-state index contributed by atoms with van der Waals surface area (Å²) in [6.45, 7) is 2.68. The van der Waals surface area contributed by atoms with Crippen molar-refractivity contribution in [1.29, 1.82) is 0 Å². The van der Waals surface area contributed by atoms with Crippen molar-refractivity contribution in [1.82, 2.24) is 9.13 Å². The van der Waals surface area contributed by atoms with Crippen LogP contribution in [0, 0.1) is 0 Å². The van der Waals surface area contributed by atoms with E-state index in [2.05, 4.69) is 15.9 Å². The fraction of sp³-hybridized carbons (Fsp3) is 0.400. The van der Waals surface area contributed by atoms with E-state index in [-0.39, 0.29) is 4.47 Å². The summed E-state index contributed by atoms with van der Waals surface area (Å²) < 4.78 is 1.61. The summed E-state index contributed by atoms with van der Waals surface area (Å²) in [6, 6.07) is -2.10. The van der Waals surface area contributed by atoms with Crippen LogP contribution in [0.25, 0.3) is 0 Å². The van der Waals surface area contributed by atoms with Crippen LogP contribution in [0.1, 0.15) is 25.9 Å². The Kier molecular flexibility index (Phi) is 4.23. The molecule has 0 aliphatic heterocycles. The number of aliphatic carboxylic acids is 1. The third kappa shape index (κ3) is 2.42. The number of carbonyl (C=O) groups is 2. The van der Waals surface area contributed by atoms with Gasteiger partial charge in [-0.1, -0.05) is 0 Å². The molecule has 0 radical (unpaired) electrons. The minimum Gasteiger partial charge on any atom is -0.480 e. The topological polar surface area (TPSA) is 98.4 Å². The maximum Gasteiger partial charge on any atom is 0.332 e. The summed E-state index contributed by atoms with van der Waals surface area (Å²) in [5, 5.41) is 8.87. The highest BCUT2D eigenvalue weighted by Crippen LogP contribution is 2.07. The molecule has 1 heterocycles. The number of rotatable bonds is 4. The van der Waals surface area contributed by atoms with E-state index in [0.29, 0.717) is 10.9 Å². The van der Waals surface area contributed by atoms with Crippen LogP contribution in [0.2, 0.25) is 0 Å². The molecule has 0 amide bonds. The zero-order valence-corrected chi connectivity index (χ0v) is 11.2. The van der Waals surface area contributed by atoms with E-state index in [1.165, 1.54) is 13.8 Å². The largest absolute Gasteiger partial charge is 0.480 e. The SMILES string of the molecule is CC(C(=O)O)n1cc(Br)c(=O)n(C(C)C=O)c1=O. The van der Waals surface area contributed by atoms with E-state index in [9.17, 15) is 19.2 Å². The lowest BCUT2D eigenvalue weighted by Crippen LogP contribution is -2.43. The first-order valence-corrected chi connectivity index (χ1v) is 5.81. The van der Waals surface area contributed by atoms with Crippen LogP contribution < -0.4 is 11.2 Å². The molecule has 2 unspecified atom stereocenters. The van der Waals surface area contributed by atoms with E-state index in [4.69, 9.17) is 5.11 Å². The summed E-state index contributed by atoms with van der Waals surface area (Å²) in [4.78, 5) is 45.3. The van der Waals surface area contributed by atoms with Crippen LogP contribution in [-0.4, -0.2) is 26.5 Å². The lowest BCUT2D eigenvalue weighted by molar-refractivity contribution is -0.140. The second kappa shape index (κ2) is 5.30. The monoisotopic (exact) mass is 318 g/mol. The van der Waals surface area contributed by atoms with Crippen LogP contribution in [0.3, 0.4) is 0 Å². The quantitative estimate of drug-likeness (QED) is 0.798. The summed E-state index contributed by atoms with van der Waals surface area (Å²) in [5.41, 5.74) is -1.51. The molecular formula is C10H11BrN2O5. The van der Waals surface area contributed by atoms with Gasteiger partial charge in [-0.2, -0.15) is 0 Å². The molecule has 1 N–H and O–H groups in total. The van der Waals surface area contributed by atoms with Crippen LogP contribution in [-0.2, 0) is 9.59 Å². The summed E-state index contributed by atoms with van der Waals surface area (Å²) in [7, 11) is 0. The van der Waals surface area contributed by atoms with E-state index in [1.807, 2.05) is 0 Å². The molecule has 0 aromatic carbocycles. The molecule has 1 rings (SSSR count). The first-order valence-electron chi connectivity index (χ1n) is 5.02. The van der Waals surface area contributed by atoms with Gasteiger partial charge in [0.25, 0.3) is 5.56 Å². The lowest BCUT2D eigenvalue weighted by Gasteiger charge is -2.15. The van der Waals surface area contributed by atoms with E-state index in [1.54, 1.807) is 0 Å². The molecule has 0 saturated heterocycles.